The highest BCUT2D eigenvalue weighted by molar-refractivity contribution is 5.76. The van der Waals surface area contributed by atoms with Crippen LogP contribution in [-0.2, 0) is 17.8 Å². The second kappa shape index (κ2) is 7.04. The van der Waals surface area contributed by atoms with Crippen LogP contribution in [0.4, 0.5) is 13.2 Å². The third kappa shape index (κ3) is 4.38. The first-order valence-electron chi connectivity index (χ1n) is 6.78. The fraction of sp³-hybridized carbons (Fsp3) is 0.188. The molecule has 2 aromatic carbocycles. The standard InChI is InChI=1S/C16H14F3NO3/c17-11-5-10(6-12(18)16(11)19)8-20-15(23)4-2-9-1-3-13(21)14(22)7-9/h1,3,5-7,21-22H,2,4,8H2,(H,20,23). The van der Waals surface area contributed by atoms with E-state index >= 15 is 0 Å². The minimum absolute atomic E-state index is 0.0797. The van der Waals surface area contributed by atoms with Crippen LogP contribution in [0.1, 0.15) is 17.5 Å². The van der Waals surface area contributed by atoms with E-state index in [0.717, 1.165) is 12.1 Å². The summed E-state index contributed by atoms with van der Waals surface area (Å²) in [4.78, 5) is 11.7. The molecular formula is C16H14F3NO3. The van der Waals surface area contributed by atoms with E-state index in [4.69, 9.17) is 0 Å². The van der Waals surface area contributed by atoms with E-state index in [0.29, 0.717) is 12.0 Å². The van der Waals surface area contributed by atoms with Gasteiger partial charge < -0.3 is 15.5 Å². The number of hydrogen-bond acceptors (Lipinski definition) is 3. The van der Waals surface area contributed by atoms with Gasteiger partial charge in [-0.15, -0.1) is 0 Å². The first-order chi connectivity index (χ1) is 10.9. The first kappa shape index (κ1) is 16.7. The van der Waals surface area contributed by atoms with Crippen LogP contribution in [-0.4, -0.2) is 16.1 Å². The maximum Gasteiger partial charge on any atom is 0.220 e. The van der Waals surface area contributed by atoms with Crippen molar-refractivity contribution < 1.29 is 28.2 Å². The van der Waals surface area contributed by atoms with Crippen LogP contribution in [0, 0.1) is 17.5 Å². The van der Waals surface area contributed by atoms with Crippen molar-refractivity contribution in [2.45, 2.75) is 19.4 Å². The Balaban J connectivity index is 1.86. The van der Waals surface area contributed by atoms with Gasteiger partial charge in [-0.25, -0.2) is 13.2 Å². The lowest BCUT2D eigenvalue weighted by atomic mass is 10.1. The summed E-state index contributed by atoms with van der Waals surface area (Å²) in [5.41, 5.74) is 0.756. The van der Waals surface area contributed by atoms with E-state index < -0.39 is 17.5 Å². The molecule has 0 aromatic heterocycles. The molecular weight excluding hydrogens is 311 g/mol. The molecule has 122 valence electrons. The van der Waals surface area contributed by atoms with E-state index in [2.05, 4.69) is 5.32 Å². The zero-order valence-electron chi connectivity index (χ0n) is 11.9. The van der Waals surface area contributed by atoms with Gasteiger partial charge in [-0.3, -0.25) is 4.79 Å². The van der Waals surface area contributed by atoms with Gasteiger partial charge in [-0.05, 0) is 41.8 Å². The third-order valence-electron chi connectivity index (χ3n) is 3.21. The summed E-state index contributed by atoms with van der Waals surface area (Å²) >= 11 is 0. The Bertz CT molecular complexity index is 712. The number of halogens is 3. The van der Waals surface area contributed by atoms with Crippen LogP contribution < -0.4 is 5.32 Å². The van der Waals surface area contributed by atoms with Gasteiger partial charge in [0.05, 0.1) is 0 Å². The Kier molecular flexibility index (Phi) is 5.10. The van der Waals surface area contributed by atoms with Gasteiger partial charge in [-0.2, -0.15) is 0 Å². The average molecular weight is 325 g/mol. The number of aryl methyl sites for hydroxylation is 1. The molecule has 0 atom stereocenters. The van der Waals surface area contributed by atoms with Crippen LogP contribution in [0.3, 0.4) is 0 Å². The molecule has 7 heteroatoms. The molecule has 2 aromatic rings. The summed E-state index contributed by atoms with van der Waals surface area (Å²) < 4.78 is 38.9. The van der Waals surface area contributed by atoms with E-state index in [-0.39, 0.29) is 35.9 Å². The van der Waals surface area contributed by atoms with Crippen molar-refractivity contribution >= 4 is 5.91 Å². The van der Waals surface area contributed by atoms with Crippen molar-refractivity contribution in [2.75, 3.05) is 0 Å². The second-order valence-corrected chi connectivity index (χ2v) is 4.97. The molecule has 4 nitrogen and oxygen atoms in total. The zero-order valence-corrected chi connectivity index (χ0v) is 11.9. The SMILES string of the molecule is O=C(CCc1ccc(O)c(O)c1)NCc1cc(F)c(F)c(F)c1. The molecule has 0 radical (unpaired) electrons. The number of rotatable bonds is 5. The van der Waals surface area contributed by atoms with Gasteiger partial charge in [0, 0.05) is 13.0 Å². The van der Waals surface area contributed by atoms with Crippen LogP contribution in [0.2, 0.25) is 0 Å². The molecule has 0 heterocycles. The van der Waals surface area contributed by atoms with Crippen LogP contribution >= 0.6 is 0 Å². The minimum atomic E-state index is -1.55. The molecule has 3 N–H and O–H groups in total. The van der Waals surface area contributed by atoms with Crippen molar-refractivity contribution in [1.29, 1.82) is 0 Å². The Labute approximate surface area is 130 Å². The normalized spacial score (nSPS) is 10.6. The van der Waals surface area contributed by atoms with Gasteiger partial charge in [-0.1, -0.05) is 6.07 Å². The van der Waals surface area contributed by atoms with Crippen LogP contribution in [0.25, 0.3) is 0 Å². The number of phenols is 2. The predicted molar refractivity (Wildman–Crippen MR) is 76.3 cm³/mol. The number of hydrogen-bond donors (Lipinski definition) is 3. The maximum absolute atomic E-state index is 13.0. The monoisotopic (exact) mass is 325 g/mol. The molecule has 23 heavy (non-hydrogen) atoms. The first-order valence-corrected chi connectivity index (χ1v) is 6.78. The van der Waals surface area contributed by atoms with Crippen molar-refractivity contribution in [3.05, 3.63) is 58.9 Å². The molecule has 0 spiro atoms. The van der Waals surface area contributed by atoms with Crippen molar-refractivity contribution in [3.63, 3.8) is 0 Å². The van der Waals surface area contributed by atoms with Gasteiger partial charge in [0.1, 0.15) is 0 Å². The summed E-state index contributed by atoms with van der Waals surface area (Å²) in [7, 11) is 0. The summed E-state index contributed by atoms with van der Waals surface area (Å²) in [6, 6.07) is 5.85. The van der Waals surface area contributed by atoms with E-state index in [1.165, 1.54) is 12.1 Å². The van der Waals surface area contributed by atoms with E-state index in [9.17, 15) is 28.2 Å². The topological polar surface area (TPSA) is 69.6 Å². The number of carbonyl (C=O) groups excluding carboxylic acids is 1. The average Bonchev–Trinajstić information content (AvgIpc) is 2.51. The van der Waals surface area contributed by atoms with E-state index in [1.54, 1.807) is 6.07 Å². The van der Waals surface area contributed by atoms with Gasteiger partial charge in [0.2, 0.25) is 5.91 Å². The number of phenolic OH excluding ortho intramolecular Hbond substituents is 2. The number of nitrogens with one attached hydrogen (secondary N) is 1. The molecule has 2 rings (SSSR count). The van der Waals surface area contributed by atoms with Crippen molar-refractivity contribution in [1.82, 2.24) is 5.32 Å². The van der Waals surface area contributed by atoms with Crippen molar-refractivity contribution in [2.24, 2.45) is 0 Å². The summed E-state index contributed by atoms with van der Waals surface area (Å²) in [5, 5.41) is 21.0. The van der Waals surface area contributed by atoms with Crippen LogP contribution in [0.15, 0.2) is 30.3 Å². The second-order valence-electron chi connectivity index (χ2n) is 4.97. The summed E-state index contributed by atoms with van der Waals surface area (Å²) in [6.07, 6.45) is 0.391. The quantitative estimate of drug-likeness (QED) is 0.585. The fourth-order valence-electron chi connectivity index (χ4n) is 1.98. The lowest BCUT2D eigenvalue weighted by molar-refractivity contribution is -0.121. The van der Waals surface area contributed by atoms with Crippen LogP contribution in [0.5, 0.6) is 11.5 Å². The zero-order chi connectivity index (χ0) is 17.0. The third-order valence-corrected chi connectivity index (χ3v) is 3.21. The maximum atomic E-state index is 13.0. The molecule has 0 aliphatic carbocycles. The molecule has 0 unspecified atom stereocenters. The molecule has 0 aliphatic heterocycles. The largest absolute Gasteiger partial charge is 0.504 e. The van der Waals surface area contributed by atoms with Gasteiger partial charge in [0.25, 0.3) is 0 Å². The highest BCUT2D eigenvalue weighted by atomic mass is 19.2. The molecule has 0 aliphatic rings. The Morgan fingerprint density at radius 1 is 0.957 bits per heavy atom. The molecule has 0 fully saturated rings. The van der Waals surface area contributed by atoms with Gasteiger partial charge in [0.15, 0.2) is 29.0 Å². The number of benzene rings is 2. The smallest absolute Gasteiger partial charge is 0.220 e. The number of aromatic hydroxyl groups is 2. The molecule has 0 saturated carbocycles. The highest BCUT2D eigenvalue weighted by Gasteiger charge is 2.11. The minimum Gasteiger partial charge on any atom is -0.504 e. The fourth-order valence-corrected chi connectivity index (χ4v) is 1.98. The van der Waals surface area contributed by atoms with E-state index in [1.807, 2.05) is 0 Å². The molecule has 1 amide bonds. The van der Waals surface area contributed by atoms with Crippen molar-refractivity contribution in [3.8, 4) is 11.5 Å². The lowest BCUT2D eigenvalue weighted by Gasteiger charge is -2.07. The Hall–Kier alpha value is -2.70. The Morgan fingerprint density at radius 2 is 1.61 bits per heavy atom. The predicted octanol–water partition coefficient (Wildman–Crippen LogP) is 2.76. The van der Waals surface area contributed by atoms with Gasteiger partial charge >= 0.3 is 0 Å². The summed E-state index contributed by atoms with van der Waals surface area (Å²) in [6.45, 7) is -0.131. The Morgan fingerprint density at radius 3 is 2.22 bits per heavy atom. The molecule has 0 saturated heterocycles. The summed E-state index contributed by atoms with van der Waals surface area (Å²) in [5.74, 6) is -5.07. The highest BCUT2D eigenvalue weighted by Crippen LogP contribution is 2.25. The molecule has 0 bridgehead atoms. The lowest BCUT2D eigenvalue weighted by Crippen LogP contribution is -2.23. The number of carbonyl (C=O) groups is 1. The number of amides is 1.